The Hall–Kier alpha value is -2.83. The van der Waals surface area contributed by atoms with E-state index in [1.54, 1.807) is 6.08 Å². The van der Waals surface area contributed by atoms with Crippen molar-refractivity contribution in [3.63, 3.8) is 0 Å². The maximum atomic E-state index is 14.1. The third kappa shape index (κ3) is 3.68. The predicted molar refractivity (Wildman–Crippen MR) is 118 cm³/mol. The molecular weight excluding hydrogens is 423 g/mol. The molecule has 0 saturated carbocycles. The van der Waals surface area contributed by atoms with Crippen molar-refractivity contribution in [2.24, 2.45) is 0 Å². The number of thioether (sulfide) groups is 1. The molecule has 0 bridgehead atoms. The summed E-state index contributed by atoms with van der Waals surface area (Å²) in [5, 5.41) is -0.258. The molecule has 4 rings (SSSR count). The Kier molecular flexibility index (Phi) is 5.54. The van der Waals surface area contributed by atoms with E-state index in [1.165, 1.54) is 18.2 Å². The summed E-state index contributed by atoms with van der Waals surface area (Å²) >= 11 is 6.91. The highest BCUT2D eigenvalue weighted by atomic mass is 35.5. The monoisotopic (exact) mass is 440 g/mol. The van der Waals surface area contributed by atoms with E-state index in [4.69, 9.17) is 11.6 Å². The van der Waals surface area contributed by atoms with Gasteiger partial charge in [0.25, 0.3) is 11.1 Å². The van der Waals surface area contributed by atoms with Crippen LogP contribution in [0.25, 0.3) is 11.8 Å². The Labute approximate surface area is 182 Å². The maximum Gasteiger partial charge on any atom is 0.293 e. The molecule has 7 heteroatoms. The second-order valence-electron chi connectivity index (χ2n) is 6.97. The summed E-state index contributed by atoms with van der Waals surface area (Å²) in [5.74, 6) is -0.995. The molecule has 0 atom stereocenters. The minimum absolute atomic E-state index is 0.130. The first-order chi connectivity index (χ1) is 14.4. The topological polar surface area (TPSA) is 42.3 Å². The number of hydrogen-bond donors (Lipinski definition) is 0. The molecule has 1 aliphatic rings. The van der Waals surface area contributed by atoms with Crippen LogP contribution in [-0.2, 0) is 11.3 Å². The molecule has 2 aromatic carbocycles. The van der Waals surface area contributed by atoms with Crippen LogP contribution in [-0.4, -0.2) is 20.6 Å². The van der Waals surface area contributed by atoms with Gasteiger partial charge < -0.3 is 4.57 Å². The molecule has 30 heavy (non-hydrogen) atoms. The van der Waals surface area contributed by atoms with Gasteiger partial charge in [0, 0.05) is 27.7 Å². The average molecular weight is 441 g/mol. The van der Waals surface area contributed by atoms with Crippen LogP contribution in [0.1, 0.15) is 22.5 Å². The third-order valence-electron chi connectivity index (χ3n) is 5.02. The van der Waals surface area contributed by atoms with Crippen LogP contribution in [0.2, 0.25) is 5.02 Å². The molecule has 2 amide bonds. The molecule has 0 spiro atoms. The molecule has 0 unspecified atom stereocenters. The fourth-order valence-electron chi connectivity index (χ4n) is 3.53. The van der Waals surface area contributed by atoms with Crippen molar-refractivity contribution in [3.8, 4) is 5.69 Å². The van der Waals surface area contributed by atoms with E-state index in [-0.39, 0.29) is 17.1 Å². The van der Waals surface area contributed by atoms with Crippen LogP contribution in [0.15, 0.2) is 59.5 Å². The first-order valence-corrected chi connectivity index (χ1v) is 10.5. The zero-order chi connectivity index (χ0) is 21.4. The van der Waals surface area contributed by atoms with Gasteiger partial charge in [-0.25, -0.2) is 4.39 Å². The molecule has 4 nitrogen and oxygen atoms in total. The highest BCUT2D eigenvalue weighted by Gasteiger charge is 2.36. The summed E-state index contributed by atoms with van der Waals surface area (Å²) in [6.07, 6.45) is 1.72. The highest BCUT2D eigenvalue weighted by molar-refractivity contribution is 8.18. The molecule has 0 N–H and O–H groups in total. The minimum atomic E-state index is -0.545. The van der Waals surface area contributed by atoms with Crippen LogP contribution in [0, 0.1) is 19.7 Å². The average Bonchev–Trinajstić information content (AvgIpc) is 3.14. The lowest BCUT2D eigenvalue weighted by Crippen LogP contribution is -2.28. The number of amides is 2. The number of carbonyl (C=O) groups is 2. The van der Waals surface area contributed by atoms with Gasteiger partial charge >= 0.3 is 0 Å². The molecule has 0 radical (unpaired) electrons. The van der Waals surface area contributed by atoms with Gasteiger partial charge in [0.15, 0.2) is 0 Å². The summed E-state index contributed by atoms with van der Waals surface area (Å²) in [4.78, 5) is 26.6. The fourth-order valence-corrected chi connectivity index (χ4v) is 4.58. The van der Waals surface area contributed by atoms with Crippen LogP contribution in [0.3, 0.4) is 0 Å². The second kappa shape index (κ2) is 8.13. The van der Waals surface area contributed by atoms with Crippen LogP contribution >= 0.6 is 23.4 Å². The number of para-hydroxylation sites is 1. The Morgan fingerprint density at radius 1 is 1.07 bits per heavy atom. The first kappa shape index (κ1) is 20.4. The smallest absolute Gasteiger partial charge is 0.293 e. The molecule has 3 aromatic rings. The van der Waals surface area contributed by atoms with Crippen LogP contribution in [0.4, 0.5) is 9.18 Å². The van der Waals surface area contributed by atoms with Crippen molar-refractivity contribution in [1.82, 2.24) is 9.47 Å². The number of aryl methyl sites for hydroxylation is 1. The number of aromatic nitrogens is 1. The van der Waals surface area contributed by atoms with E-state index in [0.717, 1.165) is 39.3 Å². The molecule has 0 aliphatic carbocycles. The normalized spacial score (nSPS) is 15.5. The van der Waals surface area contributed by atoms with E-state index in [1.807, 2.05) is 50.2 Å². The standard InChI is InChI=1S/C23H18ClFN2O2S/c1-14-11-16(15(2)27(14)17-7-4-3-5-8-17)12-21-22(28)26(23(29)30-21)13-18-19(24)9-6-10-20(18)25/h3-12H,13H2,1-2H3/b21-12-. The van der Waals surface area contributed by atoms with Crippen molar-refractivity contribution in [2.75, 3.05) is 0 Å². The van der Waals surface area contributed by atoms with Gasteiger partial charge in [-0.1, -0.05) is 35.9 Å². The summed E-state index contributed by atoms with van der Waals surface area (Å²) in [6.45, 7) is 3.76. The third-order valence-corrected chi connectivity index (χ3v) is 6.28. The SMILES string of the molecule is Cc1cc(/C=C2\SC(=O)N(Cc3c(F)cccc3Cl)C2=O)c(C)n1-c1ccccc1. The molecule has 1 aliphatic heterocycles. The van der Waals surface area contributed by atoms with E-state index in [2.05, 4.69) is 4.57 Å². The van der Waals surface area contributed by atoms with Gasteiger partial charge in [0.1, 0.15) is 5.82 Å². The molecule has 1 saturated heterocycles. The fraction of sp³-hybridized carbons (Fsp3) is 0.130. The summed E-state index contributed by atoms with van der Waals surface area (Å²) in [5.41, 5.74) is 3.98. The van der Waals surface area contributed by atoms with Gasteiger partial charge in [-0.2, -0.15) is 0 Å². The van der Waals surface area contributed by atoms with Crippen molar-refractivity contribution in [2.45, 2.75) is 20.4 Å². The zero-order valence-electron chi connectivity index (χ0n) is 16.4. The van der Waals surface area contributed by atoms with Crippen molar-refractivity contribution >= 4 is 40.6 Å². The van der Waals surface area contributed by atoms with Gasteiger partial charge in [0.05, 0.1) is 11.4 Å². The Morgan fingerprint density at radius 3 is 2.50 bits per heavy atom. The largest absolute Gasteiger partial charge is 0.318 e. The Morgan fingerprint density at radius 2 is 1.80 bits per heavy atom. The lowest BCUT2D eigenvalue weighted by Gasteiger charge is -2.14. The van der Waals surface area contributed by atoms with Crippen LogP contribution in [0.5, 0.6) is 0 Å². The lowest BCUT2D eigenvalue weighted by atomic mass is 10.2. The van der Waals surface area contributed by atoms with E-state index in [0.29, 0.717) is 4.91 Å². The lowest BCUT2D eigenvalue weighted by molar-refractivity contribution is -0.123. The van der Waals surface area contributed by atoms with Gasteiger partial charge in [-0.3, -0.25) is 14.5 Å². The predicted octanol–water partition coefficient (Wildman–Crippen LogP) is 6.12. The quantitative estimate of drug-likeness (QED) is 0.459. The summed E-state index contributed by atoms with van der Waals surface area (Å²) in [7, 11) is 0. The molecule has 1 fully saturated rings. The number of rotatable bonds is 4. The van der Waals surface area contributed by atoms with E-state index in [9.17, 15) is 14.0 Å². The number of nitrogens with zero attached hydrogens (tertiary/aromatic N) is 2. The Balaban J connectivity index is 1.65. The Bertz CT molecular complexity index is 1170. The number of carbonyl (C=O) groups excluding carboxylic acids is 2. The minimum Gasteiger partial charge on any atom is -0.318 e. The summed E-state index contributed by atoms with van der Waals surface area (Å²) < 4.78 is 16.2. The molecule has 2 heterocycles. The maximum absolute atomic E-state index is 14.1. The number of benzene rings is 2. The van der Waals surface area contributed by atoms with Gasteiger partial charge in [-0.15, -0.1) is 0 Å². The van der Waals surface area contributed by atoms with Gasteiger partial charge in [-0.05, 0) is 67.6 Å². The second-order valence-corrected chi connectivity index (χ2v) is 8.37. The molecule has 152 valence electrons. The highest BCUT2D eigenvalue weighted by Crippen LogP contribution is 2.35. The first-order valence-electron chi connectivity index (χ1n) is 9.29. The van der Waals surface area contributed by atoms with Gasteiger partial charge in [0.2, 0.25) is 0 Å². The zero-order valence-corrected chi connectivity index (χ0v) is 17.9. The number of hydrogen-bond acceptors (Lipinski definition) is 3. The summed E-state index contributed by atoms with van der Waals surface area (Å²) in [6, 6.07) is 16.2. The number of halogens is 2. The molecular formula is C23H18ClFN2O2S. The van der Waals surface area contributed by atoms with E-state index >= 15 is 0 Å². The van der Waals surface area contributed by atoms with Crippen molar-refractivity contribution in [1.29, 1.82) is 0 Å². The van der Waals surface area contributed by atoms with Crippen molar-refractivity contribution < 1.29 is 14.0 Å². The number of imide groups is 1. The van der Waals surface area contributed by atoms with Crippen LogP contribution < -0.4 is 0 Å². The van der Waals surface area contributed by atoms with Crippen molar-refractivity contribution in [3.05, 3.63) is 92.9 Å². The molecule has 1 aromatic heterocycles. The van der Waals surface area contributed by atoms with E-state index < -0.39 is 17.0 Å².